The van der Waals surface area contributed by atoms with E-state index in [9.17, 15) is 27.6 Å². The van der Waals surface area contributed by atoms with Crippen molar-refractivity contribution in [2.24, 2.45) is 5.92 Å². The number of rotatable bonds is 7. The molecule has 3 aromatic carbocycles. The number of amides is 3. The number of para-hydroxylation sites is 1. The van der Waals surface area contributed by atoms with Gasteiger partial charge >= 0.3 is 0 Å². The Morgan fingerprint density at radius 2 is 1.79 bits per heavy atom. The number of carbonyl (C=O) groups is 3. The first-order valence-corrected chi connectivity index (χ1v) is 13.3. The van der Waals surface area contributed by atoms with E-state index in [4.69, 9.17) is 0 Å². The first kappa shape index (κ1) is 27.2. The third-order valence-corrected chi connectivity index (χ3v) is 7.93. The minimum atomic E-state index is -0.984. The molecule has 3 atom stereocenters. The molecule has 7 nitrogen and oxygen atoms in total. The van der Waals surface area contributed by atoms with Crippen molar-refractivity contribution in [2.75, 3.05) is 12.4 Å². The highest BCUT2D eigenvalue weighted by Crippen LogP contribution is 2.60. The van der Waals surface area contributed by atoms with Crippen molar-refractivity contribution in [3.8, 4) is 11.1 Å². The normalized spacial score (nSPS) is 19.1. The summed E-state index contributed by atoms with van der Waals surface area (Å²) in [6, 6.07) is 16.8. The Bertz CT molecular complexity index is 1740. The van der Waals surface area contributed by atoms with Crippen LogP contribution < -0.4 is 16.0 Å². The van der Waals surface area contributed by atoms with Crippen LogP contribution in [-0.4, -0.2) is 29.8 Å². The topological polar surface area (TPSA) is 100 Å². The number of halogens is 3. The fourth-order valence-electron chi connectivity index (χ4n) is 5.86. The summed E-state index contributed by atoms with van der Waals surface area (Å²) in [5.41, 5.74) is 1.82. The van der Waals surface area contributed by atoms with Crippen molar-refractivity contribution in [3.63, 3.8) is 0 Å². The van der Waals surface area contributed by atoms with Crippen molar-refractivity contribution in [2.45, 2.75) is 24.3 Å². The number of nitrogens with zero attached hydrogens (tertiary/aromatic N) is 1. The van der Waals surface area contributed by atoms with Gasteiger partial charge in [-0.3, -0.25) is 19.4 Å². The minimum Gasteiger partial charge on any atom is -0.355 e. The molecule has 1 aliphatic heterocycles. The van der Waals surface area contributed by atoms with Crippen LogP contribution in [-0.2, 0) is 21.4 Å². The summed E-state index contributed by atoms with van der Waals surface area (Å²) in [6.07, 6.45) is 1.79. The molecular formula is C32H25F3N4O3. The van der Waals surface area contributed by atoms with E-state index < -0.39 is 46.6 Å². The molecule has 10 heteroatoms. The quantitative estimate of drug-likeness (QED) is 0.296. The summed E-state index contributed by atoms with van der Waals surface area (Å²) >= 11 is 0. The maximum atomic E-state index is 14.5. The summed E-state index contributed by atoms with van der Waals surface area (Å²) in [7, 11) is 1.39. The molecule has 0 saturated heterocycles. The number of hydrogen-bond donors (Lipinski definition) is 3. The third-order valence-electron chi connectivity index (χ3n) is 7.93. The lowest BCUT2D eigenvalue weighted by Crippen LogP contribution is -2.35. The molecule has 4 aromatic rings. The van der Waals surface area contributed by atoms with Gasteiger partial charge in [-0.25, -0.2) is 13.2 Å². The van der Waals surface area contributed by atoms with Crippen LogP contribution in [0.2, 0.25) is 0 Å². The van der Waals surface area contributed by atoms with Gasteiger partial charge in [0.2, 0.25) is 11.8 Å². The highest BCUT2D eigenvalue weighted by Gasteiger charge is 2.67. The number of benzene rings is 3. The lowest BCUT2D eigenvalue weighted by Gasteiger charge is -2.22. The molecule has 2 heterocycles. The van der Waals surface area contributed by atoms with Crippen LogP contribution in [0.25, 0.3) is 11.1 Å². The van der Waals surface area contributed by atoms with E-state index in [1.165, 1.54) is 37.5 Å². The molecule has 0 radical (unpaired) electrons. The van der Waals surface area contributed by atoms with E-state index in [2.05, 4.69) is 20.9 Å². The molecule has 2 aliphatic rings. The van der Waals surface area contributed by atoms with Crippen LogP contribution in [0.3, 0.4) is 0 Å². The Morgan fingerprint density at radius 1 is 1.02 bits per heavy atom. The molecule has 2 unspecified atom stereocenters. The van der Waals surface area contributed by atoms with Crippen LogP contribution >= 0.6 is 0 Å². The fourth-order valence-corrected chi connectivity index (χ4v) is 5.86. The van der Waals surface area contributed by atoms with Crippen LogP contribution in [0.15, 0.2) is 79.0 Å². The molecule has 212 valence electrons. The van der Waals surface area contributed by atoms with E-state index >= 15 is 0 Å². The number of anilines is 1. The average molecular weight is 571 g/mol. The summed E-state index contributed by atoms with van der Waals surface area (Å²) in [5, 5.41) is 8.23. The molecule has 1 aliphatic carbocycles. The second-order valence-electron chi connectivity index (χ2n) is 10.5. The average Bonchev–Trinajstić information content (AvgIpc) is 3.67. The minimum absolute atomic E-state index is 0.0313. The van der Waals surface area contributed by atoms with E-state index in [1.807, 2.05) is 12.1 Å². The molecule has 1 aromatic heterocycles. The van der Waals surface area contributed by atoms with Gasteiger partial charge in [0.15, 0.2) is 0 Å². The maximum Gasteiger partial charge on any atom is 0.254 e. The number of pyridine rings is 1. The van der Waals surface area contributed by atoms with Crippen molar-refractivity contribution in [1.29, 1.82) is 0 Å². The zero-order valence-corrected chi connectivity index (χ0v) is 22.4. The lowest BCUT2D eigenvalue weighted by atomic mass is 9.93. The van der Waals surface area contributed by atoms with Gasteiger partial charge in [-0.15, -0.1) is 0 Å². The van der Waals surface area contributed by atoms with E-state index in [1.54, 1.807) is 24.3 Å². The summed E-state index contributed by atoms with van der Waals surface area (Å²) in [5.74, 6) is -4.20. The van der Waals surface area contributed by atoms with Gasteiger partial charge in [0.1, 0.15) is 17.5 Å². The molecule has 3 amide bonds. The Morgan fingerprint density at radius 3 is 2.55 bits per heavy atom. The molecular weight excluding hydrogens is 545 g/mol. The zero-order chi connectivity index (χ0) is 29.6. The number of nitrogens with one attached hydrogen (secondary N) is 3. The number of hydrogen-bond acceptors (Lipinski definition) is 4. The third kappa shape index (κ3) is 4.68. The van der Waals surface area contributed by atoms with Gasteiger partial charge < -0.3 is 16.0 Å². The van der Waals surface area contributed by atoms with E-state index in [0.717, 1.165) is 17.7 Å². The summed E-state index contributed by atoms with van der Waals surface area (Å²) in [6.45, 7) is 0. The first-order valence-electron chi connectivity index (χ1n) is 13.3. The zero-order valence-electron chi connectivity index (χ0n) is 22.4. The molecule has 42 heavy (non-hydrogen) atoms. The highest BCUT2D eigenvalue weighted by atomic mass is 19.1. The van der Waals surface area contributed by atoms with Gasteiger partial charge in [-0.2, -0.15) is 0 Å². The van der Waals surface area contributed by atoms with Crippen LogP contribution in [0.4, 0.5) is 18.9 Å². The van der Waals surface area contributed by atoms with Gasteiger partial charge in [-0.05, 0) is 65.9 Å². The number of carbonyl (C=O) groups excluding carboxylic acids is 3. The van der Waals surface area contributed by atoms with Crippen LogP contribution in [0.1, 0.15) is 39.6 Å². The largest absolute Gasteiger partial charge is 0.355 e. The SMILES string of the molecule is CNC(=O)c1cc(-c2cccnc2[C@H](Cc2cc(F)cc(F)c2)NC(=O)C2CC23C(=O)Nc2ccccc23)ccc1F. The molecule has 1 saturated carbocycles. The number of fused-ring (bicyclic) bond motifs is 2. The Kier molecular flexibility index (Phi) is 6.76. The standard InChI is InChI=1S/C32H25F3N4O3/c1-36-29(40)22-14-18(8-9-25(22)35)21-5-4-10-37-28(21)27(13-17-11-19(33)15-20(34)12-17)38-30(41)24-16-32(24)23-6-2-3-7-26(23)39-31(32)42/h2-12,14-15,24,27H,13,16H2,1H3,(H,36,40)(H,38,41)(H,39,42)/t24?,27-,32?/m0/s1. The molecule has 1 spiro atoms. The van der Waals surface area contributed by atoms with Gasteiger partial charge in [0, 0.05) is 30.6 Å². The van der Waals surface area contributed by atoms with Crippen molar-refractivity contribution in [3.05, 3.63) is 119 Å². The molecule has 1 fully saturated rings. The van der Waals surface area contributed by atoms with Crippen LogP contribution in [0.5, 0.6) is 0 Å². The van der Waals surface area contributed by atoms with Gasteiger partial charge in [0.25, 0.3) is 5.91 Å². The van der Waals surface area contributed by atoms with Crippen molar-refractivity contribution < 1.29 is 27.6 Å². The first-order chi connectivity index (χ1) is 20.2. The smallest absolute Gasteiger partial charge is 0.254 e. The highest BCUT2D eigenvalue weighted by molar-refractivity contribution is 6.12. The van der Waals surface area contributed by atoms with Crippen LogP contribution in [0, 0.1) is 23.4 Å². The Hall–Kier alpha value is -4.99. The van der Waals surface area contributed by atoms with Crippen molar-refractivity contribution in [1.82, 2.24) is 15.6 Å². The monoisotopic (exact) mass is 570 g/mol. The van der Waals surface area contributed by atoms with E-state index in [0.29, 0.717) is 28.9 Å². The lowest BCUT2D eigenvalue weighted by molar-refractivity contribution is -0.126. The molecule has 3 N–H and O–H groups in total. The predicted octanol–water partition coefficient (Wildman–Crippen LogP) is 4.84. The second-order valence-corrected chi connectivity index (χ2v) is 10.5. The maximum absolute atomic E-state index is 14.5. The molecule has 6 rings (SSSR count). The second kappa shape index (κ2) is 10.4. The Labute approximate surface area is 239 Å². The Balaban J connectivity index is 1.38. The summed E-state index contributed by atoms with van der Waals surface area (Å²) < 4.78 is 42.7. The fraction of sp³-hybridized carbons (Fsp3) is 0.188. The molecule has 0 bridgehead atoms. The van der Waals surface area contributed by atoms with Gasteiger partial charge in [0.05, 0.1) is 28.6 Å². The van der Waals surface area contributed by atoms with Gasteiger partial charge in [-0.1, -0.05) is 30.3 Å². The van der Waals surface area contributed by atoms with Crippen molar-refractivity contribution >= 4 is 23.4 Å². The van der Waals surface area contributed by atoms with E-state index in [-0.39, 0.29) is 23.5 Å². The number of aromatic nitrogens is 1. The predicted molar refractivity (Wildman–Crippen MR) is 149 cm³/mol. The summed E-state index contributed by atoms with van der Waals surface area (Å²) in [4.78, 5) is 43.5.